The van der Waals surface area contributed by atoms with Crippen LogP contribution in [0.1, 0.15) is 36.8 Å². The summed E-state index contributed by atoms with van der Waals surface area (Å²) in [5.74, 6) is 0.715. The number of hydrogen-bond donors (Lipinski definition) is 0. The van der Waals surface area contributed by atoms with Gasteiger partial charge in [-0.25, -0.2) is 0 Å². The smallest absolute Gasteiger partial charge is 0.00190 e. The Balaban J connectivity index is 2.65. The Bertz CT molecular complexity index is 291. The van der Waals surface area contributed by atoms with E-state index in [1.54, 1.807) is 0 Å². The lowest BCUT2D eigenvalue weighted by molar-refractivity contribution is 0.378. The zero-order valence-corrected chi connectivity index (χ0v) is 10.5. The molecule has 1 atom stereocenters. The number of hydrogen-bond acceptors (Lipinski definition) is 1. The minimum Gasteiger partial charge on any atom is -0.309 e. The van der Waals surface area contributed by atoms with E-state index in [9.17, 15) is 0 Å². The average Bonchev–Trinajstić information content (AvgIpc) is 2.18. The third kappa shape index (κ3) is 4.05. The maximum atomic E-state index is 2.32. The minimum atomic E-state index is 0.715. The average molecular weight is 205 g/mol. The van der Waals surface area contributed by atoms with Crippen LogP contribution in [0.25, 0.3) is 0 Å². The van der Waals surface area contributed by atoms with E-state index in [1.165, 1.54) is 30.5 Å². The first-order chi connectivity index (χ1) is 7.13. The predicted molar refractivity (Wildman–Crippen MR) is 67.4 cm³/mol. The summed E-state index contributed by atoms with van der Waals surface area (Å²) < 4.78 is 0. The van der Waals surface area contributed by atoms with E-state index in [4.69, 9.17) is 0 Å². The van der Waals surface area contributed by atoms with Crippen LogP contribution in [0.4, 0.5) is 0 Å². The Hall–Kier alpha value is -0.820. The summed E-state index contributed by atoms with van der Waals surface area (Å²) in [4.78, 5) is 2.26. The van der Waals surface area contributed by atoms with Crippen molar-refractivity contribution in [2.75, 3.05) is 20.6 Å². The third-order valence-electron chi connectivity index (χ3n) is 2.93. The van der Waals surface area contributed by atoms with Crippen molar-refractivity contribution in [3.8, 4) is 0 Å². The molecule has 0 heterocycles. The van der Waals surface area contributed by atoms with Gasteiger partial charge < -0.3 is 4.90 Å². The first-order valence-corrected chi connectivity index (χ1v) is 5.84. The van der Waals surface area contributed by atoms with Crippen molar-refractivity contribution in [2.45, 2.75) is 32.6 Å². The minimum absolute atomic E-state index is 0.715. The molecule has 15 heavy (non-hydrogen) atoms. The van der Waals surface area contributed by atoms with E-state index in [2.05, 4.69) is 57.1 Å². The number of benzene rings is 1. The highest BCUT2D eigenvalue weighted by Crippen LogP contribution is 2.23. The van der Waals surface area contributed by atoms with Crippen molar-refractivity contribution in [3.05, 3.63) is 35.4 Å². The number of aryl methyl sites for hydroxylation is 1. The van der Waals surface area contributed by atoms with Crippen molar-refractivity contribution in [1.82, 2.24) is 4.90 Å². The standard InChI is InChI=1S/C14H23N/c1-5-13(9-10-15(3)4)14-8-6-7-12(2)11-14/h6-8,11,13H,5,9-10H2,1-4H3. The maximum Gasteiger partial charge on any atom is -0.00190 e. The Labute approximate surface area is 94.1 Å². The van der Waals surface area contributed by atoms with Gasteiger partial charge in [0.05, 0.1) is 0 Å². The van der Waals surface area contributed by atoms with Gasteiger partial charge in [-0.05, 0) is 51.9 Å². The molecule has 0 radical (unpaired) electrons. The molecule has 1 heteroatoms. The summed E-state index contributed by atoms with van der Waals surface area (Å²) in [6, 6.07) is 8.92. The lowest BCUT2D eigenvalue weighted by Crippen LogP contribution is -2.15. The molecule has 0 N–H and O–H groups in total. The summed E-state index contributed by atoms with van der Waals surface area (Å²) in [6.45, 7) is 5.62. The van der Waals surface area contributed by atoms with E-state index in [0.29, 0.717) is 5.92 Å². The van der Waals surface area contributed by atoms with Crippen LogP contribution in [0.5, 0.6) is 0 Å². The molecule has 0 aliphatic carbocycles. The third-order valence-corrected chi connectivity index (χ3v) is 2.93. The van der Waals surface area contributed by atoms with Crippen LogP contribution in [0.2, 0.25) is 0 Å². The maximum absolute atomic E-state index is 2.32. The van der Waals surface area contributed by atoms with E-state index in [1.807, 2.05) is 0 Å². The molecular formula is C14H23N. The van der Waals surface area contributed by atoms with Crippen LogP contribution in [-0.2, 0) is 0 Å². The molecule has 0 amide bonds. The largest absolute Gasteiger partial charge is 0.309 e. The molecule has 0 aliphatic heterocycles. The second-order valence-electron chi connectivity index (χ2n) is 4.61. The Morgan fingerprint density at radius 1 is 1.27 bits per heavy atom. The summed E-state index contributed by atoms with van der Waals surface area (Å²) in [6.07, 6.45) is 2.49. The van der Waals surface area contributed by atoms with Crippen LogP contribution in [0, 0.1) is 6.92 Å². The number of nitrogens with zero attached hydrogens (tertiary/aromatic N) is 1. The molecule has 0 bridgehead atoms. The zero-order chi connectivity index (χ0) is 11.3. The van der Waals surface area contributed by atoms with Gasteiger partial charge in [0, 0.05) is 0 Å². The Kier molecular flexibility index (Phi) is 4.83. The molecule has 1 nitrogen and oxygen atoms in total. The summed E-state index contributed by atoms with van der Waals surface area (Å²) >= 11 is 0. The molecule has 0 aromatic heterocycles. The van der Waals surface area contributed by atoms with Gasteiger partial charge in [0.25, 0.3) is 0 Å². The predicted octanol–water partition coefficient (Wildman–Crippen LogP) is 3.44. The van der Waals surface area contributed by atoms with E-state index in [-0.39, 0.29) is 0 Å². The molecule has 0 fully saturated rings. The molecule has 0 aliphatic rings. The van der Waals surface area contributed by atoms with Crippen LogP contribution < -0.4 is 0 Å². The van der Waals surface area contributed by atoms with Gasteiger partial charge in [0.1, 0.15) is 0 Å². The lowest BCUT2D eigenvalue weighted by atomic mass is 9.92. The van der Waals surface area contributed by atoms with E-state index < -0.39 is 0 Å². The molecule has 1 aromatic carbocycles. The fourth-order valence-electron chi connectivity index (χ4n) is 1.94. The fraction of sp³-hybridized carbons (Fsp3) is 0.571. The van der Waals surface area contributed by atoms with Crippen molar-refractivity contribution >= 4 is 0 Å². The lowest BCUT2D eigenvalue weighted by Gasteiger charge is -2.18. The van der Waals surface area contributed by atoms with Gasteiger partial charge in [-0.2, -0.15) is 0 Å². The molecule has 1 rings (SSSR count). The highest BCUT2D eigenvalue weighted by molar-refractivity contribution is 5.25. The van der Waals surface area contributed by atoms with Gasteiger partial charge >= 0.3 is 0 Å². The highest BCUT2D eigenvalue weighted by atomic mass is 15.0. The first kappa shape index (κ1) is 12.3. The normalized spacial score (nSPS) is 13.1. The van der Waals surface area contributed by atoms with Crippen molar-refractivity contribution < 1.29 is 0 Å². The zero-order valence-electron chi connectivity index (χ0n) is 10.5. The van der Waals surface area contributed by atoms with Crippen molar-refractivity contribution in [1.29, 1.82) is 0 Å². The fourth-order valence-corrected chi connectivity index (χ4v) is 1.94. The molecule has 0 spiro atoms. The Morgan fingerprint density at radius 2 is 2.00 bits per heavy atom. The monoisotopic (exact) mass is 205 g/mol. The van der Waals surface area contributed by atoms with Gasteiger partial charge in [-0.15, -0.1) is 0 Å². The summed E-state index contributed by atoms with van der Waals surface area (Å²) in [5, 5.41) is 0. The summed E-state index contributed by atoms with van der Waals surface area (Å²) in [5.41, 5.74) is 2.87. The number of rotatable bonds is 5. The van der Waals surface area contributed by atoms with Crippen molar-refractivity contribution in [3.63, 3.8) is 0 Å². The topological polar surface area (TPSA) is 3.24 Å². The second kappa shape index (κ2) is 5.92. The SMILES string of the molecule is CCC(CCN(C)C)c1cccc(C)c1. The molecule has 0 saturated carbocycles. The van der Waals surface area contributed by atoms with Crippen LogP contribution in [0.3, 0.4) is 0 Å². The molecule has 84 valence electrons. The summed E-state index contributed by atoms with van der Waals surface area (Å²) in [7, 11) is 4.28. The Morgan fingerprint density at radius 3 is 2.53 bits per heavy atom. The quantitative estimate of drug-likeness (QED) is 0.711. The molecular weight excluding hydrogens is 182 g/mol. The molecule has 0 saturated heterocycles. The van der Waals surface area contributed by atoms with E-state index >= 15 is 0 Å². The van der Waals surface area contributed by atoms with Crippen molar-refractivity contribution in [2.24, 2.45) is 0 Å². The van der Waals surface area contributed by atoms with Gasteiger partial charge in [0.15, 0.2) is 0 Å². The molecule has 1 aromatic rings. The second-order valence-corrected chi connectivity index (χ2v) is 4.61. The van der Waals surface area contributed by atoms with Crippen LogP contribution in [-0.4, -0.2) is 25.5 Å². The van der Waals surface area contributed by atoms with Gasteiger partial charge in [-0.1, -0.05) is 36.8 Å². The highest BCUT2D eigenvalue weighted by Gasteiger charge is 2.09. The van der Waals surface area contributed by atoms with Gasteiger partial charge in [0.2, 0.25) is 0 Å². The van der Waals surface area contributed by atoms with Gasteiger partial charge in [-0.3, -0.25) is 0 Å². The van der Waals surface area contributed by atoms with E-state index in [0.717, 1.165) is 0 Å². The van der Waals surface area contributed by atoms with Crippen LogP contribution in [0.15, 0.2) is 24.3 Å². The van der Waals surface area contributed by atoms with Crippen LogP contribution >= 0.6 is 0 Å². The first-order valence-electron chi connectivity index (χ1n) is 5.84. The molecule has 1 unspecified atom stereocenters.